The molecule has 0 saturated heterocycles. The number of fused-ring (bicyclic) bond motifs is 3. The maximum Gasteiger partial charge on any atom is 0.241 e. The van der Waals surface area contributed by atoms with E-state index in [2.05, 4.69) is 26.0 Å². The lowest BCUT2D eigenvalue weighted by Crippen LogP contribution is -2.38. The lowest BCUT2D eigenvalue weighted by Gasteiger charge is -2.20. The molecule has 0 spiro atoms. The van der Waals surface area contributed by atoms with E-state index in [9.17, 15) is 8.42 Å². The van der Waals surface area contributed by atoms with Gasteiger partial charge in [-0.2, -0.15) is 0 Å². The van der Waals surface area contributed by atoms with Crippen LogP contribution in [0.25, 0.3) is 10.8 Å². The Labute approximate surface area is 224 Å². The summed E-state index contributed by atoms with van der Waals surface area (Å²) in [5, 5.41) is 15.8. The first kappa shape index (κ1) is 27.0. The molecule has 1 heterocycles. The van der Waals surface area contributed by atoms with E-state index in [1.165, 1.54) is 0 Å². The summed E-state index contributed by atoms with van der Waals surface area (Å²) in [5.41, 5.74) is 2.86. The van der Waals surface area contributed by atoms with Gasteiger partial charge in [0.2, 0.25) is 10.0 Å². The van der Waals surface area contributed by atoms with Gasteiger partial charge in [-0.25, -0.2) is 13.1 Å². The minimum absolute atomic E-state index is 0.120. The second-order valence-corrected chi connectivity index (χ2v) is 12.5. The first-order valence-electron chi connectivity index (χ1n) is 12.7. The first-order chi connectivity index (χ1) is 17.1. The van der Waals surface area contributed by atoms with E-state index in [1.54, 1.807) is 0 Å². The lowest BCUT2D eigenvalue weighted by molar-refractivity contribution is 0.539. The van der Waals surface area contributed by atoms with Gasteiger partial charge in [-0.3, -0.25) is 4.98 Å². The van der Waals surface area contributed by atoms with Gasteiger partial charge in [0.1, 0.15) is 0 Å². The molecule has 0 unspecified atom stereocenters. The second-order valence-electron chi connectivity index (χ2n) is 9.90. The number of nitrogens with one attached hydrogen (secondary N) is 5. The van der Waals surface area contributed by atoms with Gasteiger partial charge >= 0.3 is 0 Å². The summed E-state index contributed by atoms with van der Waals surface area (Å²) >= 11 is 11.0. The van der Waals surface area contributed by atoms with E-state index in [0.717, 1.165) is 35.0 Å². The highest BCUT2D eigenvalue weighted by molar-refractivity contribution is 7.89. The molecule has 2 aliphatic carbocycles. The Morgan fingerprint density at radius 1 is 1.03 bits per heavy atom. The number of pyridine rings is 1. The molecular formula is C25H36N6O2S3. The number of aromatic nitrogens is 1. The zero-order valence-electron chi connectivity index (χ0n) is 21.3. The fourth-order valence-electron chi connectivity index (χ4n) is 4.69. The maximum absolute atomic E-state index is 13.6. The molecular weight excluding hydrogens is 513 g/mol. The van der Waals surface area contributed by atoms with Crippen LogP contribution in [-0.4, -0.2) is 43.3 Å². The third kappa shape index (κ3) is 5.90. The molecule has 1 saturated carbocycles. The van der Waals surface area contributed by atoms with Gasteiger partial charge in [0.25, 0.3) is 0 Å². The lowest BCUT2D eigenvalue weighted by atomic mass is 9.98. The van der Waals surface area contributed by atoms with E-state index in [-0.39, 0.29) is 22.9 Å². The summed E-state index contributed by atoms with van der Waals surface area (Å²) in [4.78, 5) is 5.05. The van der Waals surface area contributed by atoms with Crippen LogP contribution >= 0.6 is 24.4 Å². The quantitative estimate of drug-likeness (QED) is 0.301. The molecule has 2 aliphatic rings. The molecule has 1 fully saturated rings. The van der Waals surface area contributed by atoms with Crippen molar-refractivity contribution in [3.63, 3.8) is 0 Å². The Hall–Kier alpha value is -2.08. The normalized spacial score (nSPS) is 19.2. The Balaban J connectivity index is 1.88. The highest BCUT2D eigenvalue weighted by Gasteiger charge is 2.37. The van der Waals surface area contributed by atoms with Gasteiger partial charge in [0.15, 0.2) is 10.2 Å². The third-order valence-electron chi connectivity index (χ3n) is 6.53. The van der Waals surface area contributed by atoms with Crippen LogP contribution in [0, 0.1) is 5.92 Å². The molecule has 0 amide bonds. The summed E-state index contributed by atoms with van der Waals surface area (Å²) in [6.07, 6.45) is 4.69. The van der Waals surface area contributed by atoms with Crippen LogP contribution in [0.2, 0.25) is 0 Å². The zero-order valence-corrected chi connectivity index (χ0v) is 23.7. The highest BCUT2D eigenvalue weighted by Crippen LogP contribution is 2.46. The largest absolute Gasteiger partial charge is 0.363 e. The summed E-state index contributed by atoms with van der Waals surface area (Å²) < 4.78 is 30.0. The number of nitrogens with zero attached hydrogens (tertiary/aromatic N) is 1. The van der Waals surface area contributed by atoms with Crippen LogP contribution in [-0.2, 0) is 10.0 Å². The highest BCUT2D eigenvalue weighted by atomic mass is 32.2. The standard InChI is InChI=1S/C25H36N6O2S3/c1-5-26-24(34)30-20-11-21(31-25(35)27-6-2)23-17(20)10-22(36(32,33)29-12-14(3)4)16-9-19(15-7-8-15)28-13-18(16)23/h9-10,13-15,20-21,29H,5-8,11-12H2,1-4H3,(H2,26,30,34)(H2,27,31,35)/t20-,21-/m1/s1. The van der Waals surface area contributed by atoms with Crippen LogP contribution in [0.15, 0.2) is 23.2 Å². The second kappa shape index (κ2) is 11.1. The number of hydrogen-bond acceptors (Lipinski definition) is 5. The topological polar surface area (TPSA) is 107 Å². The molecule has 11 heteroatoms. The SMILES string of the molecule is CCNC(=S)N[C@@H]1C[C@@H](NC(=S)NCC)c2c1cc(S(=O)(=O)NCC(C)C)c1cc(C3CC3)ncc21. The van der Waals surface area contributed by atoms with Crippen molar-refractivity contribution >= 4 is 55.5 Å². The minimum atomic E-state index is -3.75. The summed E-state index contributed by atoms with van der Waals surface area (Å²) in [6.45, 7) is 9.74. The van der Waals surface area contributed by atoms with Crippen molar-refractivity contribution in [3.8, 4) is 0 Å². The number of sulfonamides is 1. The van der Waals surface area contributed by atoms with Crippen molar-refractivity contribution in [1.29, 1.82) is 0 Å². The van der Waals surface area contributed by atoms with Gasteiger partial charge in [-0.1, -0.05) is 13.8 Å². The van der Waals surface area contributed by atoms with Crippen molar-refractivity contribution in [1.82, 2.24) is 31.0 Å². The van der Waals surface area contributed by atoms with Crippen molar-refractivity contribution in [3.05, 3.63) is 35.2 Å². The molecule has 36 heavy (non-hydrogen) atoms. The van der Waals surface area contributed by atoms with Gasteiger partial charge in [-0.05, 0) is 86.7 Å². The molecule has 0 radical (unpaired) electrons. The Morgan fingerprint density at radius 2 is 1.67 bits per heavy atom. The monoisotopic (exact) mass is 548 g/mol. The smallest absolute Gasteiger partial charge is 0.241 e. The Morgan fingerprint density at radius 3 is 2.25 bits per heavy atom. The van der Waals surface area contributed by atoms with E-state index >= 15 is 0 Å². The van der Waals surface area contributed by atoms with Crippen LogP contribution in [0.3, 0.4) is 0 Å². The Kier molecular flexibility index (Phi) is 8.33. The van der Waals surface area contributed by atoms with Gasteiger partial charge < -0.3 is 21.3 Å². The molecule has 2 aromatic rings. The van der Waals surface area contributed by atoms with Crippen molar-refractivity contribution in [2.24, 2.45) is 5.92 Å². The maximum atomic E-state index is 13.6. The van der Waals surface area contributed by atoms with Crippen LogP contribution in [0.5, 0.6) is 0 Å². The molecule has 5 N–H and O–H groups in total. The summed E-state index contributed by atoms with van der Waals surface area (Å²) in [5.74, 6) is 0.598. The van der Waals surface area contributed by atoms with E-state index in [1.807, 2.05) is 46.0 Å². The number of hydrogen-bond donors (Lipinski definition) is 5. The van der Waals surface area contributed by atoms with E-state index < -0.39 is 10.0 Å². The van der Waals surface area contributed by atoms with Gasteiger partial charge in [-0.15, -0.1) is 0 Å². The predicted octanol–water partition coefficient (Wildman–Crippen LogP) is 3.50. The predicted molar refractivity (Wildman–Crippen MR) is 153 cm³/mol. The summed E-state index contributed by atoms with van der Waals surface area (Å²) in [7, 11) is -3.75. The van der Waals surface area contributed by atoms with Crippen LogP contribution in [0.1, 0.15) is 81.8 Å². The third-order valence-corrected chi connectivity index (χ3v) is 8.51. The number of benzene rings is 1. The number of thiocarbonyl (C=S) groups is 2. The summed E-state index contributed by atoms with van der Waals surface area (Å²) in [6, 6.07) is 3.49. The van der Waals surface area contributed by atoms with Crippen molar-refractivity contribution in [2.75, 3.05) is 19.6 Å². The molecule has 0 bridgehead atoms. The zero-order chi connectivity index (χ0) is 26.0. The molecule has 0 aliphatic heterocycles. The fourth-order valence-corrected chi connectivity index (χ4v) is 6.71. The van der Waals surface area contributed by atoms with Crippen molar-refractivity contribution < 1.29 is 8.42 Å². The fraction of sp³-hybridized carbons (Fsp3) is 0.560. The molecule has 2 atom stereocenters. The molecule has 196 valence electrons. The van der Waals surface area contributed by atoms with E-state index in [0.29, 0.717) is 47.6 Å². The van der Waals surface area contributed by atoms with Crippen molar-refractivity contribution in [2.45, 2.75) is 69.9 Å². The molecule has 1 aromatic heterocycles. The molecule has 8 nitrogen and oxygen atoms in total. The minimum Gasteiger partial charge on any atom is -0.363 e. The van der Waals surface area contributed by atoms with Crippen LogP contribution < -0.4 is 26.0 Å². The average molecular weight is 549 g/mol. The average Bonchev–Trinajstić information content (AvgIpc) is 3.61. The van der Waals surface area contributed by atoms with Gasteiger partial charge in [0, 0.05) is 48.2 Å². The molecule has 1 aromatic carbocycles. The first-order valence-corrected chi connectivity index (χ1v) is 15.0. The molecule has 4 rings (SSSR count). The number of rotatable bonds is 9. The van der Waals surface area contributed by atoms with E-state index in [4.69, 9.17) is 29.4 Å². The van der Waals surface area contributed by atoms with Crippen LogP contribution in [0.4, 0.5) is 0 Å². The van der Waals surface area contributed by atoms with Gasteiger partial charge in [0.05, 0.1) is 17.0 Å². The Bertz CT molecular complexity index is 1260.